The zero-order valence-electron chi connectivity index (χ0n) is 31.5. The van der Waals surface area contributed by atoms with Gasteiger partial charge in [0.05, 0.1) is 24.8 Å². The molecule has 290 valence electrons. The van der Waals surface area contributed by atoms with Gasteiger partial charge in [-0.3, -0.25) is 23.5 Å². The molecule has 0 radical (unpaired) electrons. The van der Waals surface area contributed by atoms with E-state index < -0.39 is 67.2 Å². The normalized spacial score (nSPS) is 23.2. The highest BCUT2D eigenvalue weighted by Crippen LogP contribution is 2.53. The second kappa shape index (κ2) is 17.9. The van der Waals surface area contributed by atoms with Gasteiger partial charge in [0, 0.05) is 0 Å². The van der Waals surface area contributed by atoms with Gasteiger partial charge >= 0.3 is 25.6 Å². The Balaban J connectivity index is 2.08. The fourth-order valence-corrected chi connectivity index (χ4v) is 7.50. The van der Waals surface area contributed by atoms with E-state index in [0.29, 0.717) is 0 Å². The first kappa shape index (κ1) is 42.8. The lowest BCUT2D eigenvalue weighted by molar-refractivity contribution is -0.176. The van der Waals surface area contributed by atoms with Crippen molar-refractivity contribution < 1.29 is 47.5 Å². The van der Waals surface area contributed by atoms with Gasteiger partial charge in [-0.05, 0) is 44.7 Å². The van der Waals surface area contributed by atoms with Crippen LogP contribution >= 0.6 is 7.67 Å². The second-order valence-corrected chi connectivity index (χ2v) is 15.4. The predicted molar refractivity (Wildman–Crippen MR) is 189 cm³/mol. The summed E-state index contributed by atoms with van der Waals surface area (Å²) >= 11 is 0. The van der Waals surface area contributed by atoms with Crippen molar-refractivity contribution in [1.82, 2.24) is 24.8 Å². The second-order valence-electron chi connectivity index (χ2n) is 13.6. The molecule has 5 N–H and O–H groups in total. The van der Waals surface area contributed by atoms with Crippen molar-refractivity contribution in [3.63, 3.8) is 0 Å². The lowest BCUT2D eigenvalue weighted by atomic mass is 9.81. The highest BCUT2D eigenvalue weighted by molar-refractivity contribution is 7.54. The molecule has 2 aromatic heterocycles. The Morgan fingerprint density at radius 1 is 1.00 bits per heavy atom. The number of esters is 3. The molecule has 0 aromatic carbocycles. The quantitative estimate of drug-likeness (QED) is 0.0908. The molecule has 1 saturated heterocycles. The van der Waals surface area contributed by atoms with Crippen LogP contribution in [0.1, 0.15) is 93.7 Å². The Hall–Kier alpha value is -3.65. The van der Waals surface area contributed by atoms with Gasteiger partial charge in [-0.1, -0.05) is 67.2 Å². The Labute approximate surface area is 304 Å². The van der Waals surface area contributed by atoms with Crippen LogP contribution in [0.2, 0.25) is 0 Å². The number of nitrogen functional groups attached to an aromatic ring is 1. The van der Waals surface area contributed by atoms with Crippen molar-refractivity contribution in [2.45, 2.75) is 124 Å². The molecule has 1 fully saturated rings. The lowest BCUT2D eigenvalue weighted by Gasteiger charge is -2.34. The summed E-state index contributed by atoms with van der Waals surface area (Å²) in [5.74, 6) is -2.73. The highest BCUT2D eigenvalue weighted by Gasteiger charge is 2.69. The van der Waals surface area contributed by atoms with Gasteiger partial charge in [0.2, 0.25) is 11.9 Å². The summed E-state index contributed by atoms with van der Waals surface area (Å²) in [7, 11) is -4.66. The number of nitrogens with two attached hydrogens (primary N) is 1. The first-order valence-corrected chi connectivity index (χ1v) is 19.3. The van der Waals surface area contributed by atoms with E-state index in [1.807, 2.05) is 33.8 Å². The fraction of sp³-hybridized carbons (Fsp3) is 0.706. The largest absolute Gasteiger partial charge is 0.464 e. The number of aromatic nitrogens is 3. The highest BCUT2D eigenvalue weighted by atomic mass is 31.2. The molecule has 17 nitrogen and oxygen atoms in total. The van der Waals surface area contributed by atoms with Crippen molar-refractivity contribution in [3.8, 4) is 6.07 Å². The molecule has 0 saturated carbocycles. The Kier molecular flexibility index (Phi) is 14.7. The SMILES string of the molecule is CCC(CC)COC(=O)[C@H](C)NP(=O)(N[C@@H](C)C(=O)OCC(CC)CC)OC1O[C@@](C#N)(c2ccc3c(N)ncnn23)[C@](C)(O)[C@@H]1OC(=O)C(C)C. The number of nitrogens with zero attached hydrogens (tertiary/aromatic N) is 4. The van der Waals surface area contributed by atoms with Gasteiger partial charge in [-0.15, -0.1) is 0 Å². The van der Waals surface area contributed by atoms with Gasteiger partial charge in [0.1, 0.15) is 30.0 Å². The molecular formula is C34H54N7O10P. The molecular weight excluding hydrogens is 697 g/mol. The van der Waals surface area contributed by atoms with Crippen LogP contribution in [0.3, 0.4) is 0 Å². The topological polar surface area (TPSA) is 239 Å². The number of aliphatic hydroxyl groups is 1. The standard InChI is InChI=1S/C34H54N7O10P/c1-10-23(11-2)16-47-30(43)21(7)39-52(46,40-22(8)31(44)48-17-24(12-3)13-4)51-32-27(49-29(42)20(5)6)33(9,45)34(18-35,50-32)26-15-14-25-28(36)37-19-38-41(25)26/h14-15,19-24,27,32,45H,10-13,16-17H2,1-9H3,(H2,36,37,38)(H2,39,40,46)/t21-,22-,27+,32?,33+,34-/m0/s1. The molecule has 3 heterocycles. The molecule has 0 spiro atoms. The number of hydrogen-bond acceptors (Lipinski definition) is 14. The maximum Gasteiger partial charge on any atom is 0.344 e. The first-order chi connectivity index (χ1) is 24.4. The first-order valence-electron chi connectivity index (χ1n) is 17.7. The molecule has 2 aromatic rings. The molecule has 52 heavy (non-hydrogen) atoms. The molecule has 0 bridgehead atoms. The summed E-state index contributed by atoms with van der Waals surface area (Å²) in [5, 5.41) is 32.3. The van der Waals surface area contributed by atoms with Crippen LogP contribution in [0.4, 0.5) is 5.82 Å². The van der Waals surface area contributed by atoms with E-state index >= 15 is 0 Å². The van der Waals surface area contributed by atoms with E-state index in [0.717, 1.165) is 32.0 Å². The zero-order valence-corrected chi connectivity index (χ0v) is 32.3. The summed E-state index contributed by atoms with van der Waals surface area (Å²) in [4.78, 5) is 43.2. The monoisotopic (exact) mass is 751 g/mol. The minimum Gasteiger partial charge on any atom is -0.464 e. The number of nitrogens with one attached hydrogen (secondary N) is 2. The summed E-state index contributed by atoms with van der Waals surface area (Å²) in [6.45, 7) is 15.2. The maximum atomic E-state index is 14.8. The van der Waals surface area contributed by atoms with Crippen molar-refractivity contribution >= 4 is 36.9 Å². The van der Waals surface area contributed by atoms with Crippen LogP contribution in [0.25, 0.3) is 5.52 Å². The van der Waals surface area contributed by atoms with E-state index in [9.17, 15) is 29.3 Å². The molecule has 1 aliphatic heterocycles. The van der Waals surface area contributed by atoms with Crippen molar-refractivity contribution in [3.05, 3.63) is 24.2 Å². The van der Waals surface area contributed by atoms with Gasteiger partial charge < -0.3 is 29.8 Å². The van der Waals surface area contributed by atoms with Crippen LogP contribution in [0.15, 0.2) is 18.5 Å². The third-order valence-corrected chi connectivity index (χ3v) is 11.4. The molecule has 0 amide bonds. The number of fused-ring (bicyclic) bond motifs is 1. The van der Waals surface area contributed by atoms with E-state index in [1.165, 1.54) is 37.4 Å². The molecule has 6 atom stereocenters. The van der Waals surface area contributed by atoms with Crippen molar-refractivity contribution in [2.75, 3.05) is 18.9 Å². The van der Waals surface area contributed by atoms with Crippen molar-refractivity contribution in [2.24, 2.45) is 17.8 Å². The fourth-order valence-electron chi connectivity index (χ4n) is 5.62. The smallest absolute Gasteiger partial charge is 0.344 e. The van der Waals surface area contributed by atoms with E-state index in [2.05, 4.69) is 20.3 Å². The minimum atomic E-state index is -4.66. The average molecular weight is 752 g/mol. The molecule has 18 heteroatoms. The average Bonchev–Trinajstić information content (AvgIpc) is 3.62. The predicted octanol–water partition coefficient (Wildman–Crippen LogP) is 3.75. The number of ether oxygens (including phenoxy) is 4. The molecule has 1 unspecified atom stereocenters. The maximum absolute atomic E-state index is 14.8. The third kappa shape index (κ3) is 9.28. The van der Waals surface area contributed by atoms with Gasteiger partial charge in [0.15, 0.2) is 17.5 Å². The number of anilines is 1. The van der Waals surface area contributed by atoms with Gasteiger partial charge in [-0.25, -0.2) is 19.7 Å². The molecule has 3 rings (SSSR count). The summed E-state index contributed by atoms with van der Waals surface area (Å²) < 4.78 is 44.9. The van der Waals surface area contributed by atoms with Gasteiger partial charge in [-0.2, -0.15) is 10.4 Å². The number of carbonyl (C=O) groups is 3. The van der Waals surface area contributed by atoms with Crippen LogP contribution in [0.5, 0.6) is 0 Å². The number of nitriles is 1. The summed E-state index contributed by atoms with van der Waals surface area (Å²) in [6.07, 6.45) is 0.508. The van der Waals surface area contributed by atoms with Gasteiger partial charge in [0.25, 0.3) is 0 Å². The Morgan fingerprint density at radius 2 is 1.52 bits per heavy atom. The summed E-state index contributed by atoms with van der Waals surface area (Å²) in [6, 6.07) is 2.37. The minimum absolute atomic E-state index is 0.0340. The Morgan fingerprint density at radius 3 is 1.98 bits per heavy atom. The van der Waals surface area contributed by atoms with Crippen LogP contribution in [-0.2, 0) is 48.0 Å². The van der Waals surface area contributed by atoms with Crippen LogP contribution < -0.4 is 15.9 Å². The Bertz CT molecular complexity index is 1600. The van der Waals surface area contributed by atoms with E-state index in [1.54, 1.807) is 13.8 Å². The van der Waals surface area contributed by atoms with Crippen LogP contribution in [-0.4, -0.2) is 80.9 Å². The summed E-state index contributed by atoms with van der Waals surface area (Å²) in [5.41, 5.74) is 1.50. The number of hydrogen-bond donors (Lipinski definition) is 4. The molecule has 1 aliphatic rings. The number of rotatable bonds is 19. The zero-order chi connectivity index (χ0) is 39.0. The lowest BCUT2D eigenvalue weighted by Crippen LogP contribution is -2.54. The molecule has 0 aliphatic carbocycles. The van der Waals surface area contributed by atoms with E-state index in [-0.39, 0.29) is 42.1 Å². The third-order valence-electron chi connectivity index (χ3n) is 9.44. The number of carbonyl (C=O) groups excluding carboxylic acids is 3. The van der Waals surface area contributed by atoms with Crippen LogP contribution in [0, 0.1) is 29.1 Å². The van der Waals surface area contributed by atoms with Crippen molar-refractivity contribution in [1.29, 1.82) is 5.26 Å². The van der Waals surface area contributed by atoms with E-state index in [4.69, 9.17) is 29.2 Å².